The van der Waals surface area contributed by atoms with Crippen molar-refractivity contribution >= 4 is 11.6 Å². The molecular weight excluding hydrogens is 238 g/mol. The van der Waals surface area contributed by atoms with Crippen LogP contribution in [0.4, 0.5) is 5.69 Å². The number of ether oxygens (including phenoxy) is 1. The number of hydrogen-bond acceptors (Lipinski definition) is 2. The fourth-order valence-corrected chi connectivity index (χ4v) is 2.52. The lowest BCUT2D eigenvalue weighted by Crippen LogP contribution is -2.43. The monoisotopic (exact) mass is 259 g/mol. The Morgan fingerprint density at radius 1 is 1.37 bits per heavy atom. The zero-order valence-corrected chi connectivity index (χ0v) is 11.7. The lowest BCUT2D eigenvalue weighted by Gasteiger charge is -2.34. The molecule has 1 aliphatic rings. The van der Waals surface area contributed by atoms with Gasteiger partial charge in [-0.3, -0.25) is 4.79 Å². The summed E-state index contributed by atoms with van der Waals surface area (Å²) in [5, 5.41) is 0. The molecule has 0 aliphatic carbocycles. The smallest absolute Gasteiger partial charge is 0.250 e. The SMILES string of the molecule is C=CC(=O)N(c1cc(C)ccc1C)C1CCOCC1. The summed E-state index contributed by atoms with van der Waals surface area (Å²) in [5.74, 6) is -0.0272. The van der Waals surface area contributed by atoms with E-state index in [-0.39, 0.29) is 11.9 Å². The molecule has 1 aromatic carbocycles. The highest BCUT2D eigenvalue weighted by atomic mass is 16.5. The van der Waals surface area contributed by atoms with E-state index in [0.29, 0.717) is 0 Å². The molecule has 3 heteroatoms. The maximum absolute atomic E-state index is 12.2. The Bertz CT molecular complexity index is 476. The van der Waals surface area contributed by atoms with Crippen molar-refractivity contribution in [2.24, 2.45) is 0 Å². The van der Waals surface area contributed by atoms with Crippen molar-refractivity contribution in [3.05, 3.63) is 42.0 Å². The number of carbonyl (C=O) groups excluding carboxylic acids is 1. The largest absolute Gasteiger partial charge is 0.381 e. The Morgan fingerprint density at radius 3 is 2.68 bits per heavy atom. The van der Waals surface area contributed by atoms with E-state index < -0.39 is 0 Å². The molecule has 0 N–H and O–H groups in total. The van der Waals surface area contributed by atoms with Crippen molar-refractivity contribution in [3.63, 3.8) is 0 Å². The Balaban J connectivity index is 2.38. The van der Waals surface area contributed by atoms with E-state index in [0.717, 1.165) is 42.9 Å². The zero-order valence-electron chi connectivity index (χ0n) is 11.7. The van der Waals surface area contributed by atoms with Crippen LogP contribution < -0.4 is 4.90 Å². The number of benzene rings is 1. The van der Waals surface area contributed by atoms with Crippen LogP contribution in [0.3, 0.4) is 0 Å². The molecule has 0 saturated carbocycles. The molecule has 1 saturated heterocycles. The number of amides is 1. The average molecular weight is 259 g/mol. The summed E-state index contributed by atoms with van der Waals surface area (Å²) in [5.41, 5.74) is 3.28. The Labute approximate surface area is 114 Å². The highest BCUT2D eigenvalue weighted by Crippen LogP contribution is 2.27. The van der Waals surface area contributed by atoms with Gasteiger partial charge < -0.3 is 9.64 Å². The molecule has 0 aromatic heterocycles. The molecule has 0 radical (unpaired) electrons. The second-order valence-corrected chi connectivity index (χ2v) is 5.05. The summed E-state index contributed by atoms with van der Waals surface area (Å²) in [6, 6.07) is 6.42. The van der Waals surface area contributed by atoms with Gasteiger partial charge in [-0.1, -0.05) is 18.7 Å². The van der Waals surface area contributed by atoms with Crippen LogP contribution in [0, 0.1) is 13.8 Å². The van der Waals surface area contributed by atoms with E-state index in [4.69, 9.17) is 4.74 Å². The minimum absolute atomic E-state index is 0.0272. The van der Waals surface area contributed by atoms with Crippen LogP contribution in [-0.2, 0) is 9.53 Å². The summed E-state index contributed by atoms with van der Waals surface area (Å²) in [6.07, 6.45) is 3.16. The van der Waals surface area contributed by atoms with Crippen LogP contribution >= 0.6 is 0 Å². The second kappa shape index (κ2) is 6.02. The van der Waals surface area contributed by atoms with Gasteiger partial charge >= 0.3 is 0 Å². The standard InChI is InChI=1S/C16H21NO2/c1-4-16(18)17(14-7-9-19-10-8-14)15-11-12(2)5-6-13(15)3/h4-6,11,14H,1,7-10H2,2-3H3. The van der Waals surface area contributed by atoms with Gasteiger partial charge in [0.05, 0.1) is 0 Å². The van der Waals surface area contributed by atoms with Crippen molar-refractivity contribution in [1.29, 1.82) is 0 Å². The van der Waals surface area contributed by atoms with Crippen LogP contribution in [0.2, 0.25) is 0 Å². The molecule has 1 fully saturated rings. The second-order valence-electron chi connectivity index (χ2n) is 5.05. The van der Waals surface area contributed by atoms with Crippen molar-refractivity contribution < 1.29 is 9.53 Å². The van der Waals surface area contributed by atoms with Gasteiger partial charge in [-0.25, -0.2) is 0 Å². The van der Waals surface area contributed by atoms with Crippen LogP contribution in [0.5, 0.6) is 0 Å². The van der Waals surface area contributed by atoms with Crippen molar-refractivity contribution in [1.82, 2.24) is 0 Å². The van der Waals surface area contributed by atoms with Crippen LogP contribution in [0.15, 0.2) is 30.9 Å². The molecule has 1 aliphatic heterocycles. The first-order valence-corrected chi connectivity index (χ1v) is 6.74. The molecule has 1 aromatic rings. The number of rotatable bonds is 3. The van der Waals surface area contributed by atoms with E-state index in [1.165, 1.54) is 6.08 Å². The Morgan fingerprint density at radius 2 is 2.05 bits per heavy atom. The summed E-state index contributed by atoms with van der Waals surface area (Å²) in [6.45, 7) is 9.15. The van der Waals surface area contributed by atoms with Gasteiger partial charge in [0.25, 0.3) is 5.91 Å². The third-order valence-corrected chi connectivity index (χ3v) is 3.59. The van der Waals surface area contributed by atoms with E-state index in [9.17, 15) is 4.79 Å². The van der Waals surface area contributed by atoms with E-state index in [1.807, 2.05) is 18.7 Å². The molecule has 102 valence electrons. The van der Waals surface area contributed by atoms with Gasteiger partial charge in [-0.2, -0.15) is 0 Å². The van der Waals surface area contributed by atoms with E-state index in [2.05, 4.69) is 24.8 Å². The van der Waals surface area contributed by atoms with E-state index in [1.54, 1.807) is 0 Å². The number of aryl methyl sites for hydroxylation is 2. The molecule has 1 heterocycles. The van der Waals surface area contributed by atoms with Gasteiger partial charge in [0.15, 0.2) is 0 Å². The summed E-state index contributed by atoms with van der Waals surface area (Å²) < 4.78 is 5.39. The van der Waals surface area contributed by atoms with Gasteiger partial charge in [-0.15, -0.1) is 0 Å². The molecule has 3 nitrogen and oxygen atoms in total. The topological polar surface area (TPSA) is 29.5 Å². The van der Waals surface area contributed by atoms with Crippen molar-refractivity contribution in [2.45, 2.75) is 32.7 Å². The molecule has 0 unspecified atom stereocenters. The highest BCUT2D eigenvalue weighted by molar-refractivity contribution is 6.02. The lowest BCUT2D eigenvalue weighted by molar-refractivity contribution is -0.115. The number of nitrogens with zero attached hydrogens (tertiary/aromatic N) is 1. The normalized spacial score (nSPS) is 16.1. The highest BCUT2D eigenvalue weighted by Gasteiger charge is 2.26. The minimum atomic E-state index is -0.0272. The van der Waals surface area contributed by atoms with Crippen LogP contribution in [-0.4, -0.2) is 25.2 Å². The third kappa shape index (κ3) is 3.04. The molecule has 0 bridgehead atoms. The fraction of sp³-hybridized carbons (Fsp3) is 0.438. The first-order chi connectivity index (χ1) is 9.13. The predicted molar refractivity (Wildman–Crippen MR) is 77.4 cm³/mol. The molecule has 19 heavy (non-hydrogen) atoms. The summed E-state index contributed by atoms with van der Waals surface area (Å²) in [7, 11) is 0. The number of carbonyl (C=O) groups is 1. The van der Waals surface area contributed by atoms with Crippen LogP contribution in [0.1, 0.15) is 24.0 Å². The first kappa shape index (κ1) is 13.8. The van der Waals surface area contributed by atoms with Gasteiger partial charge in [0, 0.05) is 24.9 Å². The quantitative estimate of drug-likeness (QED) is 0.781. The van der Waals surface area contributed by atoms with Gasteiger partial charge in [0.1, 0.15) is 0 Å². The van der Waals surface area contributed by atoms with Crippen molar-refractivity contribution in [3.8, 4) is 0 Å². The summed E-state index contributed by atoms with van der Waals surface area (Å²) in [4.78, 5) is 14.1. The first-order valence-electron chi connectivity index (χ1n) is 6.74. The Kier molecular flexibility index (Phi) is 4.38. The minimum Gasteiger partial charge on any atom is -0.381 e. The summed E-state index contributed by atoms with van der Waals surface area (Å²) >= 11 is 0. The zero-order chi connectivity index (χ0) is 13.8. The maximum Gasteiger partial charge on any atom is 0.250 e. The van der Waals surface area contributed by atoms with Gasteiger partial charge in [-0.05, 0) is 50.0 Å². The average Bonchev–Trinajstić information content (AvgIpc) is 2.44. The molecule has 1 amide bonds. The maximum atomic E-state index is 12.2. The molecular formula is C16H21NO2. The van der Waals surface area contributed by atoms with E-state index >= 15 is 0 Å². The third-order valence-electron chi connectivity index (χ3n) is 3.59. The van der Waals surface area contributed by atoms with Crippen LogP contribution in [0.25, 0.3) is 0 Å². The molecule has 0 spiro atoms. The fourth-order valence-electron chi connectivity index (χ4n) is 2.52. The molecule has 2 rings (SSSR count). The number of hydrogen-bond donors (Lipinski definition) is 0. The van der Waals surface area contributed by atoms with Gasteiger partial charge in [0.2, 0.25) is 0 Å². The predicted octanol–water partition coefficient (Wildman–Crippen LogP) is 3.00. The Hall–Kier alpha value is -1.61. The van der Waals surface area contributed by atoms with Crippen molar-refractivity contribution in [2.75, 3.05) is 18.1 Å². The number of anilines is 1. The molecule has 0 atom stereocenters. The lowest BCUT2D eigenvalue weighted by atomic mass is 10.0.